The molecule has 1 rings (SSSR count). The highest BCUT2D eigenvalue weighted by Gasteiger charge is 2.21. The van der Waals surface area contributed by atoms with Crippen LogP contribution in [-0.4, -0.2) is 42.4 Å². The summed E-state index contributed by atoms with van der Waals surface area (Å²) in [6, 6.07) is 0.243. The van der Waals surface area contributed by atoms with Crippen molar-refractivity contribution >= 4 is 11.8 Å². The highest BCUT2D eigenvalue weighted by Crippen LogP contribution is 2.11. The van der Waals surface area contributed by atoms with Crippen LogP contribution in [0.25, 0.3) is 0 Å². The van der Waals surface area contributed by atoms with Crippen molar-refractivity contribution in [3.63, 3.8) is 0 Å². The van der Waals surface area contributed by atoms with Crippen molar-refractivity contribution in [3.8, 4) is 0 Å². The summed E-state index contributed by atoms with van der Waals surface area (Å²) >= 11 is 0. The first kappa shape index (κ1) is 16.0. The monoisotopic (exact) mass is 269 g/mol. The smallest absolute Gasteiger partial charge is 0.220 e. The van der Waals surface area contributed by atoms with E-state index in [1.807, 2.05) is 4.90 Å². The van der Waals surface area contributed by atoms with Crippen molar-refractivity contribution in [3.05, 3.63) is 0 Å². The molecule has 0 aromatic carbocycles. The standard InChI is InChI=1S/C14H27N3O2/c1-12(18)17-10-7-13(8-11-17)16-14(19)6-4-2-3-5-9-15/h13H,2-11,15H2,1H3,(H,16,19). The number of rotatable bonds is 7. The van der Waals surface area contributed by atoms with Crippen LogP contribution in [0.15, 0.2) is 0 Å². The molecule has 3 N–H and O–H groups in total. The summed E-state index contributed by atoms with van der Waals surface area (Å²) in [7, 11) is 0. The van der Waals surface area contributed by atoms with Crippen molar-refractivity contribution in [1.82, 2.24) is 10.2 Å². The van der Waals surface area contributed by atoms with Crippen molar-refractivity contribution in [1.29, 1.82) is 0 Å². The van der Waals surface area contributed by atoms with E-state index in [4.69, 9.17) is 5.73 Å². The molecule has 0 bridgehead atoms. The zero-order valence-corrected chi connectivity index (χ0v) is 12.0. The number of nitrogens with two attached hydrogens (primary N) is 1. The SMILES string of the molecule is CC(=O)N1CCC(NC(=O)CCCCCCN)CC1. The molecule has 0 unspecified atom stereocenters. The number of carbonyl (C=O) groups is 2. The highest BCUT2D eigenvalue weighted by atomic mass is 16.2. The molecule has 0 saturated carbocycles. The summed E-state index contributed by atoms with van der Waals surface area (Å²) in [6.07, 6.45) is 6.53. The van der Waals surface area contributed by atoms with E-state index in [0.717, 1.165) is 58.2 Å². The largest absolute Gasteiger partial charge is 0.353 e. The summed E-state index contributed by atoms with van der Waals surface area (Å²) in [5, 5.41) is 3.07. The molecule has 1 heterocycles. The third-order valence-electron chi connectivity index (χ3n) is 3.66. The lowest BCUT2D eigenvalue weighted by Gasteiger charge is -2.31. The van der Waals surface area contributed by atoms with Crippen LogP contribution in [0, 0.1) is 0 Å². The van der Waals surface area contributed by atoms with Gasteiger partial charge in [0.1, 0.15) is 0 Å². The van der Waals surface area contributed by atoms with E-state index >= 15 is 0 Å². The van der Waals surface area contributed by atoms with Crippen LogP contribution in [0.5, 0.6) is 0 Å². The Kier molecular flexibility index (Phi) is 7.48. The molecule has 0 aliphatic carbocycles. The van der Waals surface area contributed by atoms with Gasteiger partial charge in [-0.1, -0.05) is 12.8 Å². The van der Waals surface area contributed by atoms with E-state index < -0.39 is 0 Å². The number of nitrogens with one attached hydrogen (secondary N) is 1. The van der Waals surface area contributed by atoms with Gasteiger partial charge in [0.25, 0.3) is 0 Å². The number of likely N-dealkylation sites (tertiary alicyclic amines) is 1. The molecule has 0 aromatic rings. The zero-order valence-electron chi connectivity index (χ0n) is 12.0. The van der Waals surface area contributed by atoms with Gasteiger partial charge in [-0.05, 0) is 32.2 Å². The Morgan fingerprint density at radius 1 is 1.16 bits per heavy atom. The molecule has 5 heteroatoms. The topological polar surface area (TPSA) is 75.4 Å². The average Bonchev–Trinajstić information content (AvgIpc) is 2.39. The molecule has 110 valence electrons. The number of carbonyl (C=O) groups excluding carboxylic acids is 2. The molecule has 0 spiro atoms. The van der Waals surface area contributed by atoms with Crippen molar-refractivity contribution in [2.24, 2.45) is 5.73 Å². The molecular weight excluding hydrogens is 242 g/mol. The molecule has 1 aliphatic rings. The molecule has 1 aliphatic heterocycles. The number of nitrogens with zero attached hydrogens (tertiary/aromatic N) is 1. The quantitative estimate of drug-likeness (QED) is 0.678. The highest BCUT2D eigenvalue weighted by molar-refractivity contribution is 5.76. The Morgan fingerprint density at radius 3 is 2.37 bits per heavy atom. The first-order valence-corrected chi connectivity index (χ1v) is 7.38. The average molecular weight is 269 g/mol. The van der Waals surface area contributed by atoms with E-state index in [9.17, 15) is 9.59 Å². The van der Waals surface area contributed by atoms with Crippen molar-refractivity contribution < 1.29 is 9.59 Å². The third kappa shape index (κ3) is 6.57. The lowest BCUT2D eigenvalue weighted by atomic mass is 10.0. The second-order valence-corrected chi connectivity index (χ2v) is 5.30. The first-order chi connectivity index (χ1) is 9.13. The van der Waals surface area contributed by atoms with Crippen LogP contribution in [0.1, 0.15) is 51.9 Å². The predicted octanol–water partition coefficient (Wildman–Crippen LogP) is 1.02. The lowest BCUT2D eigenvalue weighted by Crippen LogP contribution is -2.45. The summed E-state index contributed by atoms with van der Waals surface area (Å²) < 4.78 is 0. The Morgan fingerprint density at radius 2 is 1.79 bits per heavy atom. The van der Waals surface area contributed by atoms with E-state index in [2.05, 4.69) is 5.32 Å². The van der Waals surface area contributed by atoms with Gasteiger partial charge >= 0.3 is 0 Å². The molecule has 2 amide bonds. The maximum absolute atomic E-state index is 11.7. The molecule has 0 aromatic heterocycles. The lowest BCUT2D eigenvalue weighted by molar-refractivity contribution is -0.130. The van der Waals surface area contributed by atoms with Crippen LogP contribution in [0.3, 0.4) is 0 Å². The Labute approximate surface area is 115 Å². The third-order valence-corrected chi connectivity index (χ3v) is 3.66. The van der Waals surface area contributed by atoms with E-state index in [1.54, 1.807) is 6.92 Å². The van der Waals surface area contributed by atoms with Gasteiger partial charge in [-0.25, -0.2) is 0 Å². The molecule has 0 radical (unpaired) electrons. The van der Waals surface area contributed by atoms with Gasteiger partial charge < -0.3 is 16.0 Å². The Bertz CT molecular complexity index is 286. The normalized spacial score (nSPS) is 16.4. The van der Waals surface area contributed by atoms with Gasteiger partial charge in [0.15, 0.2) is 0 Å². The van der Waals surface area contributed by atoms with Crippen LogP contribution >= 0.6 is 0 Å². The number of piperidine rings is 1. The van der Waals surface area contributed by atoms with Gasteiger partial charge in [0.05, 0.1) is 0 Å². The van der Waals surface area contributed by atoms with Crippen LogP contribution in [0.2, 0.25) is 0 Å². The minimum atomic E-state index is 0.129. The summed E-state index contributed by atoms with van der Waals surface area (Å²) in [5.41, 5.74) is 5.42. The number of hydrogen-bond acceptors (Lipinski definition) is 3. The van der Waals surface area contributed by atoms with E-state index in [0.29, 0.717) is 6.42 Å². The fraction of sp³-hybridized carbons (Fsp3) is 0.857. The van der Waals surface area contributed by atoms with Gasteiger partial charge in [-0.3, -0.25) is 9.59 Å². The summed E-state index contributed by atoms with van der Waals surface area (Å²) in [6.45, 7) is 3.86. The molecule has 19 heavy (non-hydrogen) atoms. The first-order valence-electron chi connectivity index (χ1n) is 7.38. The fourth-order valence-electron chi connectivity index (χ4n) is 2.42. The second-order valence-electron chi connectivity index (χ2n) is 5.30. The fourth-order valence-corrected chi connectivity index (χ4v) is 2.42. The van der Waals surface area contributed by atoms with Crippen molar-refractivity contribution in [2.75, 3.05) is 19.6 Å². The zero-order chi connectivity index (χ0) is 14.1. The molecule has 1 fully saturated rings. The van der Waals surface area contributed by atoms with Crippen molar-refractivity contribution in [2.45, 2.75) is 57.9 Å². The molecular formula is C14H27N3O2. The molecule has 5 nitrogen and oxygen atoms in total. The Balaban J connectivity index is 2.08. The minimum absolute atomic E-state index is 0.129. The van der Waals surface area contributed by atoms with Gasteiger partial charge in [0, 0.05) is 32.5 Å². The summed E-state index contributed by atoms with van der Waals surface area (Å²) in [5.74, 6) is 0.277. The maximum Gasteiger partial charge on any atom is 0.220 e. The second kappa shape index (κ2) is 8.91. The number of amides is 2. The van der Waals surface area contributed by atoms with Gasteiger partial charge in [-0.2, -0.15) is 0 Å². The van der Waals surface area contributed by atoms with Crippen LogP contribution in [-0.2, 0) is 9.59 Å². The molecule has 1 saturated heterocycles. The van der Waals surface area contributed by atoms with Crippen LogP contribution < -0.4 is 11.1 Å². The van der Waals surface area contributed by atoms with Crippen LogP contribution in [0.4, 0.5) is 0 Å². The predicted molar refractivity (Wildman–Crippen MR) is 75.6 cm³/mol. The minimum Gasteiger partial charge on any atom is -0.353 e. The Hall–Kier alpha value is -1.10. The summed E-state index contributed by atoms with van der Waals surface area (Å²) in [4.78, 5) is 24.8. The van der Waals surface area contributed by atoms with E-state index in [1.165, 1.54) is 0 Å². The number of unbranched alkanes of at least 4 members (excludes halogenated alkanes) is 3. The maximum atomic E-state index is 11.7. The van der Waals surface area contributed by atoms with Gasteiger partial charge in [-0.15, -0.1) is 0 Å². The van der Waals surface area contributed by atoms with E-state index in [-0.39, 0.29) is 17.9 Å². The van der Waals surface area contributed by atoms with Gasteiger partial charge in [0.2, 0.25) is 11.8 Å². The molecule has 0 atom stereocenters. The number of hydrogen-bond donors (Lipinski definition) is 2.